The van der Waals surface area contributed by atoms with Gasteiger partial charge in [-0.05, 0) is 25.7 Å². The van der Waals surface area contributed by atoms with Gasteiger partial charge in [0.05, 0.1) is 12.5 Å². The van der Waals surface area contributed by atoms with Crippen LogP contribution in [0.25, 0.3) is 0 Å². The molecule has 4 heteroatoms. The molecule has 82 valence electrons. The van der Waals surface area contributed by atoms with Crippen molar-refractivity contribution in [1.82, 2.24) is 0 Å². The first-order valence-corrected chi connectivity index (χ1v) is 6.28. The molecule has 3 nitrogen and oxygen atoms in total. The molecule has 0 aliphatic heterocycles. The van der Waals surface area contributed by atoms with Crippen LogP contribution < -0.4 is 0 Å². The predicted molar refractivity (Wildman–Crippen MR) is 57.4 cm³/mol. The smallest absolute Gasteiger partial charge is 0.308 e. The number of carbonyl (C=O) groups is 1. The van der Waals surface area contributed by atoms with Gasteiger partial charge in [-0.3, -0.25) is 4.79 Å². The number of aliphatic hydroxyl groups excluding tert-OH is 1. The lowest BCUT2D eigenvalue weighted by atomic mass is 9.98. The van der Waals surface area contributed by atoms with Crippen LogP contribution in [0.3, 0.4) is 0 Å². The third kappa shape index (κ3) is 4.42. The Balaban J connectivity index is 2.18. The molecule has 0 aromatic carbocycles. The van der Waals surface area contributed by atoms with Crippen molar-refractivity contribution in [3.8, 4) is 0 Å². The molecule has 1 saturated carbocycles. The van der Waals surface area contributed by atoms with Crippen molar-refractivity contribution in [3.05, 3.63) is 0 Å². The van der Waals surface area contributed by atoms with Gasteiger partial charge < -0.3 is 9.84 Å². The van der Waals surface area contributed by atoms with Gasteiger partial charge in [0.25, 0.3) is 0 Å². The van der Waals surface area contributed by atoms with Gasteiger partial charge in [-0.15, -0.1) is 0 Å². The molecule has 0 aromatic rings. The van der Waals surface area contributed by atoms with Crippen LogP contribution in [0.4, 0.5) is 0 Å². The first-order chi connectivity index (χ1) is 6.72. The van der Waals surface area contributed by atoms with Gasteiger partial charge in [0.2, 0.25) is 0 Å². The van der Waals surface area contributed by atoms with Crippen molar-refractivity contribution in [2.24, 2.45) is 0 Å². The number of rotatable bonds is 4. The van der Waals surface area contributed by atoms with Gasteiger partial charge in [0.1, 0.15) is 6.10 Å². The van der Waals surface area contributed by atoms with Crippen LogP contribution in [0.1, 0.15) is 38.5 Å². The molecule has 0 heterocycles. The molecule has 0 bridgehead atoms. The molecular weight excluding hydrogens is 248 g/mol. The number of hydrogen-bond donors (Lipinski definition) is 1. The highest BCUT2D eigenvalue weighted by molar-refractivity contribution is 9.09. The molecule has 1 unspecified atom stereocenters. The van der Waals surface area contributed by atoms with Crippen LogP contribution in [0.15, 0.2) is 0 Å². The molecule has 0 amide bonds. The Hall–Kier alpha value is -0.0900. The molecule has 1 aliphatic rings. The maximum Gasteiger partial charge on any atom is 0.308 e. The lowest BCUT2D eigenvalue weighted by molar-refractivity contribution is -0.152. The highest BCUT2D eigenvalue weighted by atomic mass is 79.9. The largest absolute Gasteiger partial charge is 0.462 e. The van der Waals surface area contributed by atoms with Crippen LogP contribution in [-0.2, 0) is 9.53 Å². The normalized spacial score (nSPS) is 20.4. The highest BCUT2D eigenvalue weighted by Gasteiger charge is 2.19. The molecule has 1 rings (SSSR count). The molecule has 0 spiro atoms. The van der Waals surface area contributed by atoms with E-state index in [1.807, 2.05) is 0 Å². The summed E-state index contributed by atoms with van der Waals surface area (Å²) in [6.07, 6.45) is 5.09. The van der Waals surface area contributed by atoms with E-state index in [1.54, 1.807) is 0 Å². The van der Waals surface area contributed by atoms with Gasteiger partial charge >= 0.3 is 5.97 Å². The average Bonchev–Trinajstić information content (AvgIpc) is 2.19. The molecule has 1 atom stereocenters. The van der Waals surface area contributed by atoms with Gasteiger partial charge in [0.15, 0.2) is 0 Å². The van der Waals surface area contributed by atoms with Crippen LogP contribution in [-0.4, -0.2) is 28.6 Å². The van der Waals surface area contributed by atoms with Crippen molar-refractivity contribution in [2.75, 3.05) is 5.33 Å². The number of halogens is 1. The molecule has 0 aromatic heterocycles. The third-order valence-electron chi connectivity index (χ3n) is 2.43. The maximum absolute atomic E-state index is 11.3. The summed E-state index contributed by atoms with van der Waals surface area (Å²) in [4.78, 5) is 11.3. The number of ether oxygens (including phenoxy) is 1. The first-order valence-electron chi connectivity index (χ1n) is 5.16. The standard InChI is InChI=1S/C10H17BrO3/c11-7-8(12)6-10(13)14-9-4-2-1-3-5-9/h8-9,12H,1-7H2. The average molecular weight is 265 g/mol. The fraction of sp³-hybridized carbons (Fsp3) is 0.900. The number of aliphatic hydroxyl groups is 1. The van der Waals surface area contributed by atoms with E-state index in [0.717, 1.165) is 25.7 Å². The van der Waals surface area contributed by atoms with Gasteiger partial charge in [0, 0.05) is 5.33 Å². The Bertz CT molecular complexity index is 178. The monoisotopic (exact) mass is 264 g/mol. The summed E-state index contributed by atoms with van der Waals surface area (Å²) in [7, 11) is 0. The Morgan fingerprint density at radius 3 is 2.64 bits per heavy atom. The number of alkyl halides is 1. The Kier molecular flexibility index (Phi) is 5.48. The predicted octanol–water partition coefficient (Wildman–Crippen LogP) is 2.01. The second kappa shape index (κ2) is 6.40. The second-order valence-electron chi connectivity index (χ2n) is 3.76. The van der Waals surface area contributed by atoms with E-state index >= 15 is 0 Å². The van der Waals surface area contributed by atoms with E-state index in [4.69, 9.17) is 4.74 Å². The number of esters is 1. The quantitative estimate of drug-likeness (QED) is 0.624. The van der Waals surface area contributed by atoms with Crippen LogP contribution in [0.5, 0.6) is 0 Å². The van der Waals surface area contributed by atoms with E-state index in [2.05, 4.69) is 15.9 Å². The van der Waals surface area contributed by atoms with Crippen LogP contribution >= 0.6 is 15.9 Å². The zero-order valence-electron chi connectivity index (χ0n) is 8.25. The number of hydrogen-bond acceptors (Lipinski definition) is 3. The fourth-order valence-corrected chi connectivity index (χ4v) is 1.89. The lowest BCUT2D eigenvalue weighted by Crippen LogP contribution is -2.24. The maximum atomic E-state index is 11.3. The zero-order valence-corrected chi connectivity index (χ0v) is 9.83. The minimum absolute atomic E-state index is 0.0961. The second-order valence-corrected chi connectivity index (χ2v) is 4.41. The zero-order chi connectivity index (χ0) is 10.4. The van der Waals surface area contributed by atoms with Crippen molar-refractivity contribution in [1.29, 1.82) is 0 Å². The van der Waals surface area contributed by atoms with E-state index in [-0.39, 0.29) is 18.5 Å². The molecule has 1 fully saturated rings. The Labute approximate surface area is 93.0 Å². The Morgan fingerprint density at radius 1 is 1.43 bits per heavy atom. The summed E-state index contributed by atoms with van der Waals surface area (Å²) in [5, 5.41) is 9.63. The molecule has 1 N–H and O–H groups in total. The summed E-state index contributed by atoms with van der Waals surface area (Å²) in [6.45, 7) is 0. The van der Waals surface area contributed by atoms with E-state index in [1.165, 1.54) is 6.42 Å². The van der Waals surface area contributed by atoms with Gasteiger partial charge in [-0.25, -0.2) is 0 Å². The van der Waals surface area contributed by atoms with Crippen LogP contribution in [0.2, 0.25) is 0 Å². The molecular formula is C10H17BrO3. The van der Waals surface area contributed by atoms with E-state index in [0.29, 0.717) is 5.33 Å². The highest BCUT2D eigenvalue weighted by Crippen LogP contribution is 2.20. The minimum Gasteiger partial charge on any atom is -0.462 e. The molecule has 0 radical (unpaired) electrons. The van der Waals surface area contributed by atoms with Gasteiger partial charge in [-0.2, -0.15) is 0 Å². The van der Waals surface area contributed by atoms with Crippen molar-refractivity contribution < 1.29 is 14.6 Å². The molecule has 1 aliphatic carbocycles. The molecule has 0 saturated heterocycles. The van der Waals surface area contributed by atoms with E-state index < -0.39 is 6.10 Å². The summed E-state index contributed by atoms with van der Waals surface area (Å²) < 4.78 is 5.24. The number of carbonyl (C=O) groups excluding carboxylic acids is 1. The first kappa shape index (κ1) is 12.0. The van der Waals surface area contributed by atoms with Gasteiger partial charge in [-0.1, -0.05) is 22.4 Å². The SMILES string of the molecule is O=C(CC(O)CBr)OC1CCCCC1. The topological polar surface area (TPSA) is 46.5 Å². The van der Waals surface area contributed by atoms with E-state index in [9.17, 15) is 9.90 Å². The Morgan fingerprint density at radius 2 is 2.07 bits per heavy atom. The molecule has 14 heavy (non-hydrogen) atoms. The minimum atomic E-state index is -0.619. The third-order valence-corrected chi connectivity index (χ3v) is 3.18. The summed E-state index contributed by atoms with van der Waals surface area (Å²) in [5.74, 6) is -0.274. The van der Waals surface area contributed by atoms with Crippen LogP contribution in [0, 0.1) is 0 Å². The van der Waals surface area contributed by atoms with Crippen molar-refractivity contribution in [3.63, 3.8) is 0 Å². The summed E-state index contributed by atoms with van der Waals surface area (Å²) in [5.41, 5.74) is 0. The summed E-state index contributed by atoms with van der Waals surface area (Å²) >= 11 is 3.11. The lowest BCUT2D eigenvalue weighted by Gasteiger charge is -2.22. The van der Waals surface area contributed by atoms with Crippen molar-refractivity contribution in [2.45, 2.75) is 50.7 Å². The van der Waals surface area contributed by atoms with Crippen molar-refractivity contribution >= 4 is 21.9 Å². The summed E-state index contributed by atoms with van der Waals surface area (Å²) in [6, 6.07) is 0. The fourth-order valence-electron chi connectivity index (χ4n) is 1.66.